The second kappa shape index (κ2) is 6.52. The van der Waals surface area contributed by atoms with E-state index in [1.807, 2.05) is 30.3 Å². The Bertz CT molecular complexity index is 714. The van der Waals surface area contributed by atoms with Gasteiger partial charge in [-0.15, -0.1) is 0 Å². The van der Waals surface area contributed by atoms with E-state index in [4.69, 9.17) is 9.84 Å². The SMILES string of the molecule is O=C(O)[C@H]1CCN(C(=O)c2cccc(Oc3ccccc3)c2)C1. The number of aliphatic carboxylic acids is 1. The Morgan fingerprint density at radius 2 is 1.78 bits per heavy atom. The fraction of sp³-hybridized carbons (Fsp3) is 0.222. The van der Waals surface area contributed by atoms with Crippen LogP contribution in [0.3, 0.4) is 0 Å². The van der Waals surface area contributed by atoms with Crippen LogP contribution in [-0.2, 0) is 4.79 Å². The van der Waals surface area contributed by atoms with Gasteiger partial charge in [0.2, 0.25) is 0 Å². The molecular weight excluding hydrogens is 294 g/mol. The molecule has 0 radical (unpaired) electrons. The number of para-hydroxylation sites is 1. The van der Waals surface area contributed by atoms with E-state index in [0.717, 1.165) is 0 Å². The fourth-order valence-corrected chi connectivity index (χ4v) is 2.65. The Kier molecular flexibility index (Phi) is 4.28. The maximum absolute atomic E-state index is 12.5. The van der Waals surface area contributed by atoms with Crippen molar-refractivity contribution in [1.82, 2.24) is 4.90 Å². The third kappa shape index (κ3) is 3.51. The summed E-state index contributed by atoms with van der Waals surface area (Å²) in [5, 5.41) is 9.03. The number of hydrogen-bond acceptors (Lipinski definition) is 3. The standard InChI is InChI=1S/C18H17NO4/c20-17(19-10-9-14(12-19)18(21)22)13-5-4-8-16(11-13)23-15-6-2-1-3-7-15/h1-8,11,14H,9-10,12H2,(H,21,22)/t14-/m0/s1. The van der Waals surface area contributed by atoms with Crippen LogP contribution in [0.4, 0.5) is 0 Å². The van der Waals surface area contributed by atoms with Gasteiger partial charge in [0.15, 0.2) is 0 Å². The molecule has 1 N–H and O–H groups in total. The number of carbonyl (C=O) groups is 2. The average Bonchev–Trinajstić information content (AvgIpc) is 3.06. The summed E-state index contributed by atoms with van der Waals surface area (Å²) in [6.45, 7) is 0.734. The number of carbonyl (C=O) groups excluding carboxylic acids is 1. The second-order valence-electron chi connectivity index (χ2n) is 5.52. The van der Waals surface area contributed by atoms with E-state index in [-0.39, 0.29) is 12.5 Å². The monoisotopic (exact) mass is 311 g/mol. The Morgan fingerprint density at radius 1 is 1.04 bits per heavy atom. The van der Waals surface area contributed by atoms with Crippen LogP contribution in [0.25, 0.3) is 0 Å². The highest BCUT2D eigenvalue weighted by Gasteiger charge is 2.31. The first kappa shape index (κ1) is 15.1. The third-order valence-corrected chi connectivity index (χ3v) is 3.88. The molecule has 0 aliphatic carbocycles. The van der Waals surface area contributed by atoms with Gasteiger partial charge in [0.1, 0.15) is 11.5 Å². The van der Waals surface area contributed by atoms with Crippen LogP contribution in [0.1, 0.15) is 16.8 Å². The summed E-state index contributed by atoms with van der Waals surface area (Å²) < 4.78 is 5.73. The zero-order chi connectivity index (χ0) is 16.2. The largest absolute Gasteiger partial charge is 0.481 e. The quantitative estimate of drug-likeness (QED) is 0.942. The summed E-state index contributed by atoms with van der Waals surface area (Å²) in [6, 6.07) is 16.3. The Labute approximate surface area is 134 Å². The van der Waals surface area contributed by atoms with Crippen molar-refractivity contribution in [1.29, 1.82) is 0 Å². The van der Waals surface area contributed by atoms with E-state index in [1.165, 1.54) is 0 Å². The Balaban J connectivity index is 1.72. The van der Waals surface area contributed by atoms with E-state index in [1.54, 1.807) is 29.2 Å². The molecule has 5 nitrogen and oxygen atoms in total. The highest BCUT2D eigenvalue weighted by Crippen LogP contribution is 2.24. The minimum absolute atomic E-state index is 0.160. The van der Waals surface area contributed by atoms with Crippen molar-refractivity contribution in [2.45, 2.75) is 6.42 Å². The molecule has 5 heteroatoms. The maximum Gasteiger partial charge on any atom is 0.308 e. The van der Waals surface area contributed by atoms with Gasteiger partial charge in [-0.3, -0.25) is 9.59 Å². The van der Waals surface area contributed by atoms with Crippen molar-refractivity contribution in [3.8, 4) is 11.5 Å². The van der Waals surface area contributed by atoms with Gasteiger partial charge in [0.05, 0.1) is 5.92 Å². The molecular formula is C18H17NO4. The fourth-order valence-electron chi connectivity index (χ4n) is 2.65. The number of ether oxygens (including phenoxy) is 1. The molecule has 1 amide bonds. The number of benzene rings is 2. The van der Waals surface area contributed by atoms with Crippen LogP contribution < -0.4 is 4.74 Å². The van der Waals surface area contributed by atoms with Crippen molar-refractivity contribution in [2.75, 3.05) is 13.1 Å². The molecule has 118 valence electrons. The molecule has 1 aliphatic rings. The molecule has 0 aromatic heterocycles. The molecule has 1 saturated heterocycles. The van der Waals surface area contributed by atoms with Crippen molar-refractivity contribution in [3.05, 3.63) is 60.2 Å². The van der Waals surface area contributed by atoms with Crippen molar-refractivity contribution >= 4 is 11.9 Å². The molecule has 23 heavy (non-hydrogen) atoms. The lowest BCUT2D eigenvalue weighted by molar-refractivity contribution is -0.141. The summed E-state index contributed by atoms with van der Waals surface area (Å²) in [5.41, 5.74) is 0.504. The number of carboxylic acids is 1. The maximum atomic E-state index is 12.5. The number of rotatable bonds is 4. The predicted molar refractivity (Wildman–Crippen MR) is 84.6 cm³/mol. The van der Waals surface area contributed by atoms with Crippen LogP contribution >= 0.6 is 0 Å². The van der Waals surface area contributed by atoms with Gasteiger partial charge in [-0.2, -0.15) is 0 Å². The van der Waals surface area contributed by atoms with E-state index < -0.39 is 11.9 Å². The van der Waals surface area contributed by atoms with Gasteiger partial charge < -0.3 is 14.7 Å². The summed E-state index contributed by atoms with van der Waals surface area (Å²) >= 11 is 0. The molecule has 1 heterocycles. The molecule has 0 unspecified atom stereocenters. The van der Waals surface area contributed by atoms with Crippen LogP contribution in [-0.4, -0.2) is 35.0 Å². The summed E-state index contributed by atoms with van der Waals surface area (Å²) in [6.07, 6.45) is 0.501. The topological polar surface area (TPSA) is 66.8 Å². The van der Waals surface area contributed by atoms with Gasteiger partial charge in [-0.05, 0) is 36.8 Å². The zero-order valence-corrected chi connectivity index (χ0v) is 12.5. The molecule has 1 aliphatic heterocycles. The van der Waals surface area contributed by atoms with E-state index in [0.29, 0.717) is 30.0 Å². The van der Waals surface area contributed by atoms with Crippen molar-refractivity contribution in [2.24, 2.45) is 5.92 Å². The first-order chi connectivity index (χ1) is 11.1. The lowest BCUT2D eigenvalue weighted by Crippen LogP contribution is -2.29. The molecule has 0 bridgehead atoms. The van der Waals surface area contributed by atoms with Crippen LogP contribution in [0.15, 0.2) is 54.6 Å². The zero-order valence-electron chi connectivity index (χ0n) is 12.5. The van der Waals surface area contributed by atoms with E-state index >= 15 is 0 Å². The molecule has 3 rings (SSSR count). The molecule has 2 aromatic rings. The number of carboxylic acid groups (broad SMARTS) is 1. The molecule has 0 saturated carbocycles. The first-order valence-corrected chi connectivity index (χ1v) is 7.48. The van der Waals surface area contributed by atoms with Gasteiger partial charge in [0, 0.05) is 18.7 Å². The smallest absolute Gasteiger partial charge is 0.308 e. The van der Waals surface area contributed by atoms with Gasteiger partial charge in [-0.25, -0.2) is 0 Å². The second-order valence-corrected chi connectivity index (χ2v) is 5.52. The number of hydrogen-bond donors (Lipinski definition) is 1. The van der Waals surface area contributed by atoms with Crippen molar-refractivity contribution < 1.29 is 19.4 Å². The summed E-state index contributed by atoms with van der Waals surface area (Å²) in [4.78, 5) is 25.1. The molecule has 1 fully saturated rings. The number of nitrogens with zero attached hydrogens (tertiary/aromatic N) is 1. The van der Waals surface area contributed by atoms with Gasteiger partial charge in [0.25, 0.3) is 5.91 Å². The van der Waals surface area contributed by atoms with Gasteiger partial charge >= 0.3 is 5.97 Å². The summed E-state index contributed by atoms with van der Waals surface area (Å²) in [5.74, 6) is -0.198. The highest BCUT2D eigenvalue weighted by molar-refractivity contribution is 5.95. The third-order valence-electron chi connectivity index (χ3n) is 3.88. The minimum atomic E-state index is -0.846. The molecule has 1 atom stereocenters. The van der Waals surface area contributed by atoms with Crippen molar-refractivity contribution in [3.63, 3.8) is 0 Å². The first-order valence-electron chi connectivity index (χ1n) is 7.48. The molecule has 2 aromatic carbocycles. The lowest BCUT2D eigenvalue weighted by atomic mass is 10.1. The van der Waals surface area contributed by atoms with Crippen LogP contribution in [0, 0.1) is 5.92 Å². The lowest BCUT2D eigenvalue weighted by Gasteiger charge is -2.16. The minimum Gasteiger partial charge on any atom is -0.481 e. The Morgan fingerprint density at radius 3 is 2.48 bits per heavy atom. The van der Waals surface area contributed by atoms with E-state index in [9.17, 15) is 9.59 Å². The normalized spacial score (nSPS) is 17.0. The highest BCUT2D eigenvalue weighted by atomic mass is 16.5. The van der Waals surface area contributed by atoms with Gasteiger partial charge in [-0.1, -0.05) is 24.3 Å². The van der Waals surface area contributed by atoms with Crippen LogP contribution in [0.5, 0.6) is 11.5 Å². The van der Waals surface area contributed by atoms with Crippen LogP contribution in [0.2, 0.25) is 0 Å². The number of amides is 1. The van der Waals surface area contributed by atoms with E-state index in [2.05, 4.69) is 0 Å². The summed E-state index contributed by atoms with van der Waals surface area (Å²) in [7, 11) is 0. The predicted octanol–water partition coefficient (Wildman–Crippen LogP) is 3.03. The Hall–Kier alpha value is -2.82. The number of likely N-dealkylation sites (tertiary alicyclic amines) is 1. The average molecular weight is 311 g/mol. The molecule has 0 spiro atoms.